The lowest BCUT2D eigenvalue weighted by atomic mass is 10.1. The summed E-state index contributed by atoms with van der Waals surface area (Å²) in [6, 6.07) is 5.27. The van der Waals surface area contributed by atoms with Gasteiger partial charge in [-0.25, -0.2) is 9.78 Å². The van der Waals surface area contributed by atoms with Crippen molar-refractivity contribution in [1.82, 2.24) is 15.6 Å². The third-order valence-electron chi connectivity index (χ3n) is 4.44. The fraction of sp³-hybridized carbons (Fsp3) is 0.400. The summed E-state index contributed by atoms with van der Waals surface area (Å²) in [5.74, 6) is 1.54. The highest BCUT2D eigenvalue weighted by molar-refractivity contribution is 7.09. The van der Waals surface area contributed by atoms with Crippen LogP contribution >= 0.6 is 11.3 Å². The number of hydrogen-bond acceptors (Lipinski definition) is 5. The zero-order chi connectivity index (χ0) is 19.4. The van der Waals surface area contributed by atoms with Gasteiger partial charge in [0, 0.05) is 35.0 Å². The van der Waals surface area contributed by atoms with Gasteiger partial charge < -0.3 is 19.8 Å². The Kier molecular flexibility index (Phi) is 6.01. The third kappa shape index (κ3) is 4.60. The van der Waals surface area contributed by atoms with Crippen LogP contribution in [0.15, 0.2) is 28.0 Å². The number of carbonyl (C=O) groups excluding carboxylic acids is 1. The number of carbonyl (C=O) groups is 1. The molecule has 1 unspecified atom stereocenters. The van der Waals surface area contributed by atoms with Crippen LogP contribution in [-0.2, 0) is 6.42 Å². The first-order valence-corrected chi connectivity index (χ1v) is 9.88. The highest BCUT2D eigenvalue weighted by Crippen LogP contribution is 2.31. The van der Waals surface area contributed by atoms with Gasteiger partial charge in [0.25, 0.3) is 0 Å². The zero-order valence-electron chi connectivity index (χ0n) is 16.1. The summed E-state index contributed by atoms with van der Waals surface area (Å²) in [4.78, 5) is 16.6. The second-order valence-corrected chi connectivity index (χ2v) is 7.50. The van der Waals surface area contributed by atoms with Crippen LogP contribution in [0.3, 0.4) is 0 Å². The molecule has 6 nitrogen and oxygen atoms in total. The predicted molar refractivity (Wildman–Crippen MR) is 108 cm³/mol. The average Bonchev–Trinajstić information content (AvgIpc) is 3.21. The maximum Gasteiger partial charge on any atom is 0.315 e. The molecule has 27 heavy (non-hydrogen) atoms. The van der Waals surface area contributed by atoms with Gasteiger partial charge in [-0.2, -0.15) is 0 Å². The highest BCUT2D eigenvalue weighted by Gasteiger charge is 2.18. The fourth-order valence-electron chi connectivity index (χ4n) is 3.03. The number of methoxy groups -OCH3 is 1. The summed E-state index contributed by atoms with van der Waals surface area (Å²) < 4.78 is 11.2. The zero-order valence-corrected chi connectivity index (χ0v) is 16.9. The number of hydrogen-bond donors (Lipinski definition) is 2. The summed E-state index contributed by atoms with van der Waals surface area (Å²) in [6.07, 6.45) is 1.73. The van der Waals surface area contributed by atoms with E-state index in [1.54, 1.807) is 18.4 Å². The lowest BCUT2D eigenvalue weighted by Crippen LogP contribution is -2.37. The van der Waals surface area contributed by atoms with Gasteiger partial charge in [0.2, 0.25) is 0 Å². The number of rotatable bonds is 7. The summed E-state index contributed by atoms with van der Waals surface area (Å²) in [5, 5.41) is 9.99. The van der Waals surface area contributed by atoms with Crippen molar-refractivity contribution in [3.8, 4) is 5.75 Å². The van der Waals surface area contributed by atoms with Crippen molar-refractivity contribution in [3.05, 3.63) is 45.6 Å². The summed E-state index contributed by atoms with van der Waals surface area (Å²) >= 11 is 1.66. The molecule has 2 aromatic heterocycles. The molecule has 1 atom stereocenters. The average molecular weight is 388 g/mol. The number of nitrogens with one attached hydrogen (secondary N) is 2. The van der Waals surface area contributed by atoms with Crippen LogP contribution in [0.2, 0.25) is 0 Å². The second kappa shape index (κ2) is 8.43. The lowest BCUT2D eigenvalue weighted by molar-refractivity contribution is 0.236. The van der Waals surface area contributed by atoms with E-state index < -0.39 is 0 Å². The number of fused-ring (bicyclic) bond motifs is 1. The normalized spacial score (nSPS) is 12.1. The van der Waals surface area contributed by atoms with E-state index in [0.29, 0.717) is 6.54 Å². The molecule has 2 amide bonds. The third-order valence-corrected chi connectivity index (χ3v) is 5.47. The summed E-state index contributed by atoms with van der Waals surface area (Å²) in [7, 11) is 1.64. The van der Waals surface area contributed by atoms with E-state index in [4.69, 9.17) is 9.15 Å². The SMILES string of the molecule is COc1ccc2oc(C(C)NC(=O)NCCCc3nc(C)cs3)c(C)c2c1. The van der Waals surface area contributed by atoms with Gasteiger partial charge in [-0.05, 0) is 45.4 Å². The number of aryl methyl sites for hydroxylation is 3. The molecule has 0 aliphatic carbocycles. The molecule has 144 valence electrons. The van der Waals surface area contributed by atoms with Crippen molar-refractivity contribution in [2.45, 2.75) is 39.7 Å². The quantitative estimate of drug-likeness (QED) is 0.585. The minimum Gasteiger partial charge on any atom is -0.497 e. The maximum atomic E-state index is 12.2. The Morgan fingerprint density at radius 3 is 2.89 bits per heavy atom. The Morgan fingerprint density at radius 1 is 1.37 bits per heavy atom. The Labute approximate surface area is 162 Å². The number of urea groups is 1. The van der Waals surface area contributed by atoms with Crippen molar-refractivity contribution in [2.75, 3.05) is 13.7 Å². The van der Waals surface area contributed by atoms with Crippen LogP contribution in [0.5, 0.6) is 5.75 Å². The Balaban J connectivity index is 1.53. The largest absolute Gasteiger partial charge is 0.497 e. The van der Waals surface area contributed by atoms with E-state index in [-0.39, 0.29) is 12.1 Å². The summed E-state index contributed by atoms with van der Waals surface area (Å²) in [6.45, 7) is 6.50. The molecule has 3 rings (SSSR count). The second-order valence-electron chi connectivity index (χ2n) is 6.56. The van der Waals surface area contributed by atoms with Crippen molar-refractivity contribution in [1.29, 1.82) is 0 Å². The van der Waals surface area contributed by atoms with Crippen LogP contribution in [-0.4, -0.2) is 24.7 Å². The molecular weight excluding hydrogens is 362 g/mol. The number of thiazole rings is 1. The van der Waals surface area contributed by atoms with Crippen LogP contribution < -0.4 is 15.4 Å². The number of benzene rings is 1. The van der Waals surface area contributed by atoms with Crippen molar-refractivity contribution in [3.63, 3.8) is 0 Å². The molecular formula is C20H25N3O3S. The van der Waals surface area contributed by atoms with E-state index in [9.17, 15) is 4.79 Å². The molecule has 0 radical (unpaired) electrons. The number of amides is 2. The van der Waals surface area contributed by atoms with Gasteiger partial charge in [0.1, 0.15) is 17.1 Å². The molecule has 3 aromatic rings. The molecule has 0 bridgehead atoms. The maximum absolute atomic E-state index is 12.2. The van der Waals surface area contributed by atoms with Gasteiger partial charge in [0.05, 0.1) is 18.2 Å². The first-order valence-electron chi connectivity index (χ1n) is 9.00. The van der Waals surface area contributed by atoms with E-state index in [1.165, 1.54) is 0 Å². The van der Waals surface area contributed by atoms with Gasteiger partial charge >= 0.3 is 6.03 Å². The van der Waals surface area contributed by atoms with E-state index in [2.05, 4.69) is 15.6 Å². The van der Waals surface area contributed by atoms with E-state index in [0.717, 1.165) is 51.6 Å². The van der Waals surface area contributed by atoms with Crippen LogP contribution in [0.1, 0.15) is 41.4 Å². The highest BCUT2D eigenvalue weighted by atomic mass is 32.1. The number of furan rings is 1. The Hall–Kier alpha value is -2.54. The molecule has 0 aliphatic rings. The van der Waals surface area contributed by atoms with E-state index in [1.807, 2.05) is 44.4 Å². The molecule has 2 N–H and O–H groups in total. The van der Waals surface area contributed by atoms with Crippen LogP contribution in [0.25, 0.3) is 11.0 Å². The standard InChI is InChI=1S/C20H25N3O3S/c1-12-11-27-18(22-12)6-5-9-21-20(24)23-14(3)19-13(2)16-10-15(25-4)7-8-17(16)26-19/h7-8,10-11,14H,5-6,9H2,1-4H3,(H2,21,23,24). The minimum atomic E-state index is -0.231. The Bertz CT molecular complexity index is 932. The molecule has 0 spiro atoms. The number of aromatic nitrogens is 1. The number of nitrogens with zero attached hydrogens (tertiary/aromatic N) is 1. The Morgan fingerprint density at radius 2 is 2.19 bits per heavy atom. The van der Waals surface area contributed by atoms with Gasteiger partial charge in [-0.3, -0.25) is 0 Å². The van der Waals surface area contributed by atoms with Crippen molar-refractivity contribution >= 4 is 28.3 Å². The number of ether oxygens (including phenoxy) is 1. The monoisotopic (exact) mass is 387 g/mol. The van der Waals surface area contributed by atoms with Crippen molar-refractivity contribution < 1.29 is 13.9 Å². The van der Waals surface area contributed by atoms with Gasteiger partial charge in [-0.15, -0.1) is 11.3 Å². The van der Waals surface area contributed by atoms with Crippen LogP contribution in [0, 0.1) is 13.8 Å². The summed E-state index contributed by atoms with van der Waals surface area (Å²) in [5.41, 5.74) is 2.85. The van der Waals surface area contributed by atoms with Gasteiger partial charge in [-0.1, -0.05) is 0 Å². The topological polar surface area (TPSA) is 76.4 Å². The van der Waals surface area contributed by atoms with E-state index >= 15 is 0 Å². The molecule has 0 saturated carbocycles. The first-order chi connectivity index (χ1) is 13.0. The molecule has 7 heteroatoms. The van der Waals surface area contributed by atoms with Gasteiger partial charge in [0.15, 0.2) is 0 Å². The fourth-order valence-corrected chi connectivity index (χ4v) is 3.85. The smallest absolute Gasteiger partial charge is 0.315 e. The predicted octanol–water partition coefficient (Wildman–Crippen LogP) is 4.51. The molecule has 0 saturated heterocycles. The first kappa shape index (κ1) is 19.2. The molecule has 0 fully saturated rings. The molecule has 2 heterocycles. The van der Waals surface area contributed by atoms with Crippen molar-refractivity contribution in [2.24, 2.45) is 0 Å². The minimum absolute atomic E-state index is 0.199. The molecule has 1 aromatic carbocycles. The lowest BCUT2D eigenvalue weighted by Gasteiger charge is -2.13. The van der Waals surface area contributed by atoms with Crippen LogP contribution in [0.4, 0.5) is 4.79 Å². The molecule has 0 aliphatic heterocycles.